The Morgan fingerprint density at radius 2 is 1.74 bits per heavy atom. The maximum Gasteiger partial charge on any atom is 0.362 e. The van der Waals surface area contributed by atoms with Crippen molar-refractivity contribution in [2.75, 3.05) is 18.9 Å². The minimum atomic E-state index is -4.59. The molecule has 5 rings (SSSR count). The van der Waals surface area contributed by atoms with E-state index < -0.39 is 53.2 Å². The van der Waals surface area contributed by atoms with Crippen LogP contribution >= 0.6 is 0 Å². The molecule has 6 N–H and O–H groups in total. The molecular formula is C27H31N7O7S. The monoisotopic (exact) mass is 597 g/mol. The van der Waals surface area contributed by atoms with Gasteiger partial charge in [0.2, 0.25) is 0 Å². The topological polar surface area (TPSA) is 204 Å². The summed E-state index contributed by atoms with van der Waals surface area (Å²) >= 11 is 0. The SMILES string of the molecule is Nc1ncnc2c1ncn2C1CO[C@H](COS(=O)(=O)NC(=O)[C@H](Cc2ccccc2)NCc2ccccc2)[C@@H](O)[C@H]1O. The highest BCUT2D eigenvalue weighted by molar-refractivity contribution is 7.85. The van der Waals surface area contributed by atoms with Gasteiger partial charge in [0.1, 0.15) is 30.2 Å². The third kappa shape index (κ3) is 6.89. The molecule has 1 fully saturated rings. The van der Waals surface area contributed by atoms with Gasteiger partial charge in [0, 0.05) is 6.54 Å². The van der Waals surface area contributed by atoms with Crippen LogP contribution in [-0.4, -0.2) is 81.6 Å². The van der Waals surface area contributed by atoms with Crippen molar-refractivity contribution in [1.29, 1.82) is 0 Å². The van der Waals surface area contributed by atoms with E-state index in [1.54, 1.807) is 0 Å². The van der Waals surface area contributed by atoms with Crippen LogP contribution in [0.2, 0.25) is 0 Å². The third-order valence-electron chi connectivity index (χ3n) is 6.96. The molecule has 15 heteroatoms. The second-order valence-corrected chi connectivity index (χ2v) is 11.2. The van der Waals surface area contributed by atoms with E-state index in [9.17, 15) is 23.4 Å². The van der Waals surface area contributed by atoms with Crippen molar-refractivity contribution in [2.45, 2.75) is 43.4 Å². The number of aliphatic hydroxyl groups excluding tert-OH is 2. The number of amides is 1. The lowest BCUT2D eigenvalue weighted by Crippen LogP contribution is -2.53. The molecule has 14 nitrogen and oxygen atoms in total. The zero-order valence-corrected chi connectivity index (χ0v) is 23.2. The van der Waals surface area contributed by atoms with E-state index in [0.29, 0.717) is 17.7 Å². The van der Waals surface area contributed by atoms with Gasteiger partial charge in [-0.15, -0.1) is 0 Å². The zero-order valence-electron chi connectivity index (χ0n) is 22.4. The molecule has 0 bridgehead atoms. The summed E-state index contributed by atoms with van der Waals surface area (Å²) in [7, 11) is -4.59. The predicted octanol–water partition coefficient (Wildman–Crippen LogP) is -0.151. The number of nitrogen functional groups attached to an aromatic ring is 1. The van der Waals surface area contributed by atoms with E-state index in [1.807, 2.05) is 65.4 Å². The number of carbonyl (C=O) groups excluding carboxylic acids is 1. The van der Waals surface area contributed by atoms with Crippen LogP contribution in [0, 0.1) is 0 Å². The van der Waals surface area contributed by atoms with Crippen molar-refractivity contribution < 1.29 is 32.3 Å². The first-order valence-electron chi connectivity index (χ1n) is 13.1. The number of carbonyl (C=O) groups is 1. The van der Waals surface area contributed by atoms with Crippen LogP contribution in [0.25, 0.3) is 11.2 Å². The first-order chi connectivity index (χ1) is 20.2. The number of nitrogens with zero attached hydrogens (tertiary/aromatic N) is 4. The van der Waals surface area contributed by atoms with Gasteiger partial charge < -0.3 is 30.6 Å². The highest BCUT2D eigenvalue weighted by Crippen LogP contribution is 2.28. The molecule has 0 aliphatic carbocycles. The van der Waals surface area contributed by atoms with E-state index in [4.69, 9.17) is 14.7 Å². The minimum absolute atomic E-state index is 0.115. The molecule has 0 saturated carbocycles. The van der Waals surface area contributed by atoms with E-state index in [0.717, 1.165) is 11.1 Å². The largest absolute Gasteiger partial charge is 0.388 e. The molecule has 1 aliphatic rings. The fourth-order valence-electron chi connectivity index (χ4n) is 4.70. The molecule has 2 aromatic heterocycles. The maximum atomic E-state index is 13.1. The Labute approximate surface area is 241 Å². The van der Waals surface area contributed by atoms with Gasteiger partial charge in [0.15, 0.2) is 11.5 Å². The number of rotatable bonds is 11. The predicted molar refractivity (Wildman–Crippen MR) is 151 cm³/mol. The number of hydrogen-bond acceptors (Lipinski definition) is 12. The van der Waals surface area contributed by atoms with Crippen molar-refractivity contribution in [3.8, 4) is 0 Å². The van der Waals surface area contributed by atoms with Crippen molar-refractivity contribution in [2.24, 2.45) is 0 Å². The lowest BCUT2D eigenvalue weighted by molar-refractivity contribution is -0.166. The van der Waals surface area contributed by atoms with Gasteiger partial charge in [-0.25, -0.2) is 19.7 Å². The van der Waals surface area contributed by atoms with Crippen LogP contribution in [0.1, 0.15) is 17.2 Å². The van der Waals surface area contributed by atoms with Gasteiger partial charge in [-0.3, -0.25) is 8.98 Å². The van der Waals surface area contributed by atoms with Crippen LogP contribution < -0.4 is 15.8 Å². The van der Waals surface area contributed by atoms with Crippen LogP contribution in [0.15, 0.2) is 73.3 Å². The molecule has 1 amide bonds. The fourth-order valence-corrected chi connectivity index (χ4v) is 5.46. The summed E-state index contributed by atoms with van der Waals surface area (Å²) in [6.45, 7) is -0.427. The number of nitrogens with two attached hydrogens (primary N) is 1. The van der Waals surface area contributed by atoms with Crippen molar-refractivity contribution in [3.05, 3.63) is 84.4 Å². The van der Waals surface area contributed by atoms with Gasteiger partial charge >= 0.3 is 10.3 Å². The molecule has 42 heavy (non-hydrogen) atoms. The number of imidazole rings is 1. The maximum absolute atomic E-state index is 13.1. The molecule has 222 valence electrons. The zero-order chi connectivity index (χ0) is 29.7. The Morgan fingerprint density at radius 1 is 1.05 bits per heavy atom. The summed E-state index contributed by atoms with van der Waals surface area (Å²) in [5, 5.41) is 24.6. The molecular weight excluding hydrogens is 566 g/mol. The van der Waals surface area contributed by atoms with Gasteiger partial charge in [-0.05, 0) is 17.5 Å². The number of benzene rings is 2. The molecule has 1 aliphatic heterocycles. The second-order valence-electron chi connectivity index (χ2n) is 9.82. The summed E-state index contributed by atoms with van der Waals surface area (Å²) in [5.74, 6) is -0.654. The average Bonchev–Trinajstić information content (AvgIpc) is 3.42. The molecule has 1 unspecified atom stereocenters. The Balaban J connectivity index is 1.20. The van der Waals surface area contributed by atoms with Gasteiger partial charge in [-0.1, -0.05) is 60.7 Å². The van der Waals surface area contributed by atoms with Gasteiger partial charge in [-0.2, -0.15) is 8.42 Å². The van der Waals surface area contributed by atoms with Gasteiger partial charge in [0.05, 0.1) is 31.6 Å². The normalized spacial score (nSPS) is 21.7. The average molecular weight is 598 g/mol. The summed E-state index contributed by atoms with van der Waals surface area (Å²) in [4.78, 5) is 25.2. The number of fused-ring (bicyclic) bond motifs is 1. The van der Waals surface area contributed by atoms with Crippen LogP contribution in [0.5, 0.6) is 0 Å². The molecule has 1 saturated heterocycles. The number of hydrogen-bond donors (Lipinski definition) is 5. The number of ether oxygens (including phenoxy) is 1. The first-order valence-corrected chi connectivity index (χ1v) is 14.6. The van der Waals surface area contributed by atoms with Crippen molar-refractivity contribution >= 4 is 33.2 Å². The smallest absolute Gasteiger partial charge is 0.362 e. The van der Waals surface area contributed by atoms with Crippen LogP contribution in [0.4, 0.5) is 5.82 Å². The van der Waals surface area contributed by atoms with Gasteiger partial charge in [0.25, 0.3) is 5.91 Å². The summed E-state index contributed by atoms with van der Waals surface area (Å²) in [5.41, 5.74) is 8.24. The molecule has 0 radical (unpaired) electrons. The van der Waals surface area contributed by atoms with Crippen LogP contribution in [-0.2, 0) is 37.0 Å². The molecule has 4 aromatic rings. The summed E-state index contributed by atoms with van der Waals surface area (Å²) < 4.78 is 39.5. The number of aliphatic hydroxyl groups is 2. The lowest BCUT2D eigenvalue weighted by atomic mass is 9.98. The highest BCUT2D eigenvalue weighted by Gasteiger charge is 2.41. The Hall–Kier alpha value is -3.99. The molecule has 3 heterocycles. The van der Waals surface area contributed by atoms with E-state index in [-0.39, 0.29) is 18.8 Å². The van der Waals surface area contributed by atoms with E-state index in [2.05, 4.69) is 20.3 Å². The second kappa shape index (κ2) is 12.9. The Morgan fingerprint density at radius 3 is 2.45 bits per heavy atom. The lowest BCUT2D eigenvalue weighted by Gasteiger charge is -2.37. The van der Waals surface area contributed by atoms with Crippen LogP contribution in [0.3, 0.4) is 0 Å². The fraction of sp³-hybridized carbons (Fsp3) is 0.333. The molecule has 5 atom stereocenters. The van der Waals surface area contributed by atoms with Crippen molar-refractivity contribution in [1.82, 2.24) is 29.6 Å². The third-order valence-corrected chi connectivity index (χ3v) is 7.86. The van der Waals surface area contributed by atoms with E-state index in [1.165, 1.54) is 17.2 Å². The molecule has 0 spiro atoms. The number of nitrogens with one attached hydrogen (secondary N) is 2. The number of aromatic nitrogens is 4. The summed E-state index contributed by atoms with van der Waals surface area (Å²) in [6, 6.07) is 16.9. The number of anilines is 1. The Bertz CT molecular complexity index is 1610. The Kier molecular flexibility index (Phi) is 9.06. The first kappa shape index (κ1) is 29.5. The van der Waals surface area contributed by atoms with E-state index >= 15 is 0 Å². The minimum Gasteiger partial charge on any atom is -0.388 e. The summed E-state index contributed by atoms with van der Waals surface area (Å²) in [6.07, 6.45) is -1.23. The quantitative estimate of drug-likeness (QED) is 0.153. The van der Waals surface area contributed by atoms with Crippen molar-refractivity contribution in [3.63, 3.8) is 0 Å². The standard InChI is InChI=1S/C27H31N7O7S/c28-25-22-26(31-15-30-25)34(16-32-22)20-13-40-21(24(36)23(20)35)14-41-42(38,39)33-27(37)19(11-17-7-3-1-4-8-17)29-12-18-9-5-2-6-10-18/h1-10,15-16,19-21,23-24,29,35-36H,11-14H2,(H,33,37)(H2,28,30,31)/t19-,20?,21+,23-,24+/m0/s1. The molecule has 2 aromatic carbocycles. The highest BCUT2D eigenvalue weighted by atomic mass is 32.2.